The number of ether oxygens (including phenoxy) is 1. The second kappa shape index (κ2) is 8.68. The number of nitrogens with one attached hydrogen (secondary N) is 1. The van der Waals surface area contributed by atoms with Crippen molar-refractivity contribution >= 4 is 11.7 Å². The van der Waals surface area contributed by atoms with Crippen LogP contribution in [-0.4, -0.2) is 41.3 Å². The van der Waals surface area contributed by atoms with Gasteiger partial charge in [0.05, 0.1) is 18.8 Å². The van der Waals surface area contributed by atoms with Gasteiger partial charge in [0.25, 0.3) is 0 Å². The first-order valence-corrected chi connectivity index (χ1v) is 9.54. The monoisotopic (exact) mass is 346 g/mol. The van der Waals surface area contributed by atoms with Crippen molar-refractivity contribution in [1.29, 1.82) is 0 Å². The zero-order chi connectivity index (χ0) is 17.6. The summed E-state index contributed by atoms with van der Waals surface area (Å²) in [5.74, 6) is 0.754. The SMILES string of the molecule is C[C@@H]1CCC[C@@H](OCc2cccc(NC(=O)N3CCC[C@@H](O)C3)c2)C1. The Hall–Kier alpha value is -1.59. The fourth-order valence-electron chi connectivity index (χ4n) is 3.82. The predicted molar refractivity (Wildman–Crippen MR) is 98.5 cm³/mol. The topological polar surface area (TPSA) is 61.8 Å². The number of nitrogens with zero attached hydrogens (tertiary/aromatic N) is 1. The highest BCUT2D eigenvalue weighted by atomic mass is 16.5. The first-order valence-electron chi connectivity index (χ1n) is 9.54. The largest absolute Gasteiger partial charge is 0.391 e. The number of aliphatic hydroxyl groups is 1. The van der Waals surface area contributed by atoms with Crippen molar-refractivity contribution in [3.05, 3.63) is 29.8 Å². The quantitative estimate of drug-likeness (QED) is 0.872. The van der Waals surface area contributed by atoms with Crippen LogP contribution in [0.25, 0.3) is 0 Å². The maximum atomic E-state index is 12.3. The van der Waals surface area contributed by atoms with Crippen LogP contribution in [0.3, 0.4) is 0 Å². The molecule has 1 saturated heterocycles. The number of amides is 2. The zero-order valence-electron chi connectivity index (χ0n) is 15.1. The number of piperidine rings is 1. The summed E-state index contributed by atoms with van der Waals surface area (Å²) in [6.07, 6.45) is 6.44. The molecule has 0 radical (unpaired) electrons. The minimum atomic E-state index is -0.405. The Kier molecular flexibility index (Phi) is 6.32. The van der Waals surface area contributed by atoms with Crippen LogP contribution in [0.2, 0.25) is 0 Å². The molecule has 0 aromatic heterocycles. The standard InChI is InChI=1S/C20H30N2O3/c1-15-5-2-9-19(11-15)25-14-16-6-3-7-17(12-16)21-20(24)22-10-4-8-18(23)13-22/h3,6-7,12,15,18-19,23H,2,4-5,8-11,13-14H2,1H3,(H,21,24)/t15-,18-,19-/m1/s1. The Morgan fingerprint density at radius 1 is 1.32 bits per heavy atom. The van der Waals surface area contributed by atoms with Crippen molar-refractivity contribution in [2.24, 2.45) is 5.92 Å². The summed E-state index contributed by atoms with van der Waals surface area (Å²) in [4.78, 5) is 14.0. The van der Waals surface area contributed by atoms with Crippen LogP contribution in [0.15, 0.2) is 24.3 Å². The highest BCUT2D eigenvalue weighted by molar-refractivity contribution is 5.89. The molecule has 2 amide bonds. The molecule has 3 atom stereocenters. The third-order valence-electron chi connectivity index (χ3n) is 5.24. The van der Waals surface area contributed by atoms with Gasteiger partial charge in [0, 0.05) is 18.8 Å². The summed E-state index contributed by atoms with van der Waals surface area (Å²) < 4.78 is 6.07. The summed E-state index contributed by atoms with van der Waals surface area (Å²) in [6.45, 7) is 3.99. The number of anilines is 1. The lowest BCUT2D eigenvalue weighted by Gasteiger charge is -2.30. The van der Waals surface area contributed by atoms with Crippen molar-refractivity contribution in [3.63, 3.8) is 0 Å². The van der Waals surface area contributed by atoms with Gasteiger partial charge in [-0.2, -0.15) is 0 Å². The molecule has 1 aliphatic heterocycles. The third kappa shape index (κ3) is 5.44. The van der Waals surface area contributed by atoms with E-state index in [4.69, 9.17) is 4.74 Å². The smallest absolute Gasteiger partial charge is 0.321 e. The van der Waals surface area contributed by atoms with Gasteiger partial charge in [-0.25, -0.2) is 4.79 Å². The molecule has 2 aliphatic rings. The summed E-state index contributed by atoms with van der Waals surface area (Å²) in [6, 6.07) is 7.71. The average Bonchev–Trinajstić information content (AvgIpc) is 2.60. The number of β-amino-alcohol motifs (C(OH)–C–C–N with tert-alkyl or cyclic N) is 1. The Balaban J connectivity index is 1.51. The van der Waals surface area contributed by atoms with E-state index in [0.29, 0.717) is 25.8 Å². The summed E-state index contributed by atoms with van der Waals surface area (Å²) >= 11 is 0. The lowest BCUT2D eigenvalue weighted by molar-refractivity contribution is 0.00468. The van der Waals surface area contributed by atoms with Crippen molar-refractivity contribution in [1.82, 2.24) is 4.90 Å². The Morgan fingerprint density at radius 2 is 2.20 bits per heavy atom. The number of urea groups is 1. The molecule has 138 valence electrons. The van der Waals surface area contributed by atoms with Crippen LogP contribution in [0.5, 0.6) is 0 Å². The Labute approximate surface area is 150 Å². The van der Waals surface area contributed by atoms with Crippen LogP contribution in [0, 0.1) is 5.92 Å². The lowest BCUT2D eigenvalue weighted by atomic mass is 9.89. The predicted octanol–water partition coefficient (Wildman–Crippen LogP) is 3.77. The first-order chi connectivity index (χ1) is 12.1. The molecule has 3 rings (SSSR count). The van der Waals surface area contributed by atoms with E-state index in [9.17, 15) is 9.90 Å². The van der Waals surface area contributed by atoms with Gasteiger partial charge in [0.15, 0.2) is 0 Å². The van der Waals surface area contributed by atoms with Crippen LogP contribution in [0.4, 0.5) is 10.5 Å². The van der Waals surface area contributed by atoms with E-state index in [0.717, 1.165) is 42.9 Å². The van der Waals surface area contributed by atoms with Gasteiger partial charge in [-0.05, 0) is 49.3 Å². The molecule has 5 heteroatoms. The number of likely N-dealkylation sites (tertiary alicyclic amines) is 1. The molecule has 1 saturated carbocycles. The summed E-state index contributed by atoms with van der Waals surface area (Å²) in [7, 11) is 0. The maximum Gasteiger partial charge on any atom is 0.321 e. The van der Waals surface area contributed by atoms with E-state index in [2.05, 4.69) is 12.2 Å². The summed E-state index contributed by atoms with van der Waals surface area (Å²) in [5, 5.41) is 12.7. The highest BCUT2D eigenvalue weighted by Crippen LogP contribution is 2.26. The maximum absolute atomic E-state index is 12.3. The normalized spacial score (nSPS) is 27.1. The number of hydrogen-bond donors (Lipinski definition) is 2. The minimum absolute atomic E-state index is 0.141. The van der Waals surface area contributed by atoms with E-state index >= 15 is 0 Å². The van der Waals surface area contributed by atoms with Crippen LogP contribution >= 0.6 is 0 Å². The number of rotatable bonds is 4. The molecule has 5 nitrogen and oxygen atoms in total. The fourth-order valence-corrected chi connectivity index (χ4v) is 3.82. The van der Waals surface area contributed by atoms with Gasteiger partial charge in [0.2, 0.25) is 0 Å². The molecule has 2 fully saturated rings. The third-order valence-corrected chi connectivity index (χ3v) is 5.24. The molecule has 1 aromatic rings. The van der Waals surface area contributed by atoms with E-state index in [1.807, 2.05) is 24.3 Å². The molecule has 0 spiro atoms. The fraction of sp³-hybridized carbons (Fsp3) is 0.650. The molecule has 1 heterocycles. The minimum Gasteiger partial charge on any atom is -0.391 e. The van der Waals surface area contributed by atoms with E-state index in [1.54, 1.807) is 4.90 Å². The van der Waals surface area contributed by atoms with Gasteiger partial charge >= 0.3 is 6.03 Å². The molecule has 1 aromatic carbocycles. The molecule has 1 aliphatic carbocycles. The van der Waals surface area contributed by atoms with Gasteiger partial charge in [0.1, 0.15) is 0 Å². The van der Waals surface area contributed by atoms with Gasteiger partial charge in [-0.15, -0.1) is 0 Å². The second-order valence-electron chi connectivity index (χ2n) is 7.58. The summed E-state index contributed by atoms with van der Waals surface area (Å²) in [5.41, 5.74) is 1.86. The number of aliphatic hydroxyl groups excluding tert-OH is 1. The molecule has 0 bridgehead atoms. The molecular weight excluding hydrogens is 316 g/mol. The van der Waals surface area contributed by atoms with Gasteiger partial charge in [-0.1, -0.05) is 31.9 Å². The second-order valence-corrected chi connectivity index (χ2v) is 7.58. The molecule has 2 N–H and O–H groups in total. The van der Waals surface area contributed by atoms with Gasteiger partial charge < -0.3 is 20.1 Å². The van der Waals surface area contributed by atoms with Crippen LogP contribution in [0.1, 0.15) is 51.0 Å². The lowest BCUT2D eigenvalue weighted by Crippen LogP contribution is -2.44. The molecule has 0 unspecified atom stereocenters. The zero-order valence-corrected chi connectivity index (χ0v) is 15.1. The van der Waals surface area contributed by atoms with E-state index in [1.165, 1.54) is 12.8 Å². The highest BCUT2D eigenvalue weighted by Gasteiger charge is 2.22. The molecular formula is C20H30N2O3. The number of carbonyl (C=O) groups excluding carboxylic acids is 1. The van der Waals surface area contributed by atoms with E-state index in [-0.39, 0.29) is 6.03 Å². The number of carbonyl (C=O) groups is 1. The van der Waals surface area contributed by atoms with Crippen molar-refractivity contribution < 1.29 is 14.6 Å². The molecule has 25 heavy (non-hydrogen) atoms. The first kappa shape index (κ1) is 18.2. The van der Waals surface area contributed by atoms with E-state index < -0.39 is 6.10 Å². The Bertz CT molecular complexity index is 578. The van der Waals surface area contributed by atoms with Gasteiger partial charge in [-0.3, -0.25) is 0 Å². The van der Waals surface area contributed by atoms with Crippen LogP contribution in [-0.2, 0) is 11.3 Å². The van der Waals surface area contributed by atoms with Crippen molar-refractivity contribution in [3.8, 4) is 0 Å². The average molecular weight is 346 g/mol. The van der Waals surface area contributed by atoms with Crippen LogP contribution < -0.4 is 5.32 Å². The van der Waals surface area contributed by atoms with Crippen molar-refractivity contribution in [2.75, 3.05) is 18.4 Å². The Morgan fingerprint density at radius 3 is 3.00 bits per heavy atom. The number of hydrogen-bond acceptors (Lipinski definition) is 3. The van der Waals surface area contributed by atoms with Crippen molar-refractivity contribution in [2.45, 2.75) is 64.3 Å². The number of benzene rings is 1.